The van der Waals surface area contributed by atoms with Crippen molar-refractivity contribution in [2.24, 2.45) is 0 Å². The van der Waals surface area contributed by atoms with Crippen LogP contribution in [0.5, 0.6) is 0 Å². The lowest BCUT2D eigenvalue weighted by atomic mass is 10.2. The van der Waals surface area contributed by atoms with Crippen molar-refractivity contribution in [1.29, 1.82) is 0 Å². The molecule has 0 fully saturated rings. The van der Waals surface area contributed by atoms with Crippen molar-refractivity contribution in [3.63, 3.8) is 0 Å². The summed E-state index contributed by atoms with van der Waals surface area (Å²) in [6.07, 6.45) is 1.68. The van der Waals surface area contributed by atoms with Crippen molar-refractivity contribution in [3.05, 3.63) is 47.7 Å². The summed E-state index contributed by atoms with van der Waals surface area (Å²) in [5, 5.41) is 0. The van der Waals surface area contributed by atoms with E-state index in [2.05, 4.69) is 9.71 Å². The van der Waals surface area contributed by atoms with E-state index in [-0.39, 0.29) is 11.4 Å². The highest BCUT2D eigenvalue weighted by molar-refractivity contribution is 7.89. The molecule has 0 saturated heterocycles. The maximum Gasteiger partial charge on any atom is 0.240 e. The number of nitrogens with zero attached hydrogens (tertiary/aromatic N) is 3. The first-order chi connectivity index (χ1) is 11.2. The third-order valence-corrected chi connectivity index (χ3v) is 5.11. The SMILES string of the molecule is Cc1ccc(S(=O)(=O)NCc2ccnc(N(C)C)c2)cc1N(C)C. The van der Waals surface area contributed by atoms with Crippen LogP contribution in [0.15, 0.2) is 41.4 Å². The number of aryl methyl sites for hydroxylation is 1. The van der Waals surface area contributed by atoms with Gasteiger partial charge in [0.05, 0.1) is 4.90 Å². The van der Waals surface area contributed by atoms with Gasteiger partial charge >= 0.3 is 0 Å². The summed E-state index contributed by atoms with van der Waals surface area (Å²) in [6.45, 7) is 2.18. The number of rotatable bonds is 6. The van der Waals surface area contributed by atoms with Crippen LogP contribution in [0, 0.1) is 6.92 Å². The predicted octanol–water partition coefficient (Wildman–Crippen LogP) is 2.00. The van der Waals surface area contributed by atoms with Gasteiger partial charge in [-0.2, -0.15) is 0 Å². The summed E-state index contributed by atoms with van der Waals surface area (Å²) in [7, 11) is 4.00. The molecular weight excluding hydrogens is 324 g/mol. The molecule has 2 aromatic rings. The number of sulfonamides is 1. The van der Waals surface area contributed by atoms with E-state index in [4.69, 9.17) is 0 Å². The topological polar surface area (TPSA) is 65.5 Å². The molecule has 1 aromatic heterocycles. The number of nitrogens with one attached hydrogen (secondary N) is 1. The molecule has 0 saturated carbocycles. The third kappa shape index (κ3) is 4.24. The van der Waals surface area contributed by atoms with E-state index in [0.717, 1.165) is 22.6 Å². The number of hydrogen-bond acceptors (Lipinski definition) is 5. The third-order valence-electron chi connectivity index (χ3n) is 3.71. The predicted molar refractivity (Wildman–Crippen MR) is 98.1 cm³/mol. The molecule has 0 unspecified atom stereocenters. The van der Waals surface area contributed by atoms with Gasteiger partial charge in [0, 0.05) is 46.6 Å². The van der Waals surface area contributed by atoms with E-state index >= 15 is 0 Å². The van der Waals surface area contributed by atoms with Gasteiger partial charge in [0.2, 0.25) is 10.0 Å². The van der Waals surface area contributed by atoms with E-state index in [9.17, 15) is 8.42 Å². The summed E-state index contributed by atoms with van der Waals surface area (Å²) in [4.78, 5) is 8.27. The van der Waals surface area contributed by atoms with Crippen molar-refractivity contribution < 1.29 is 8.42 Å². The summed E-state index contributed by atoms with van der Waals surface area (Å²) in [5.41, 5.74) is 2.78. The molecule has 0 aliphatic rings. The Morgan fingerprint density at radius 3 is 2.38 bits per heavy atom. The van der Waals surface area contributed by atoms with Crippen LogP contribution in [0.2, 0.25) is 0 Å². The molecule has 130 valence electrons. The minimum absolute atomic E-state index is 0.219. The Kier molecular flexibility index (Phi) is 5.46. The second-order valence-electron chi connectivity index (χ2n) is 6.08. The average molecular weight is 348 g/mol. The summed E-state index contributed by atoms with van der Waals surface area (Å²) >= 11 is 0. The van der Waals surface area contributed by atoms with Crippen LogP contribution >= 0.6 is 0 Å². The van der Waals surface area contributed by atoms with E-state index < -0.39 is 10.0 Å². The number of anilines is 2. The van der Waals surface area contributed by atoms with Crippen LogP contribution in [0.1, 0.15) is 11.1 Å². The van der Waals surface area contributed by atoms with Crippen molar-refractivity contribution >= 4 is 21.5 Å². The Hall–Kier alpha value is -2.12. The molecule has 1 N–H and O–H groups in total. The lowest BCUT2D eigenvalue weighted by molar-refractivity contribution is 0.581. The van der Waals surface area contributed by atoms with Crippen molar-refractivity contribution in [1.82, 2.24) is 9.71 Å². The van der Waals surface area contributed by atoms with Gasteiger partial charge in [0.25, 0.3) is 0 Å². The van der Waals surface area contributed by atoms with E-state index in [0.29, 0.717) is 0 Å². The fraction of sp³-hybridized carbons (Fsp3) is 0.353. The fourth-order valence-electron chi connectivity index (χ4n) is 2.31. The quantitative estimate of drug-likeness (QED) is 0.865. The molecule has 0 aliphatic carbocycles. The molecule has 0 amide bonds. The molecule has 0 bridgehead atoms. The number of pyridine rings is 1. The lowest BCUT2D eigenvalue weighted by Gasteiger charge is -2.17. The molecule has 6 nitrogen and oxygen atoms in total. The second-order valence-corrected chi connectivity index (χ2v) is 7.85. The zero-order valence-corrected chi connectivity index (χ0v) is 15.6. The summed E-state index contributed by atoms with van der Waals surface area (Å²) in [5.74, 6) is 0.789. The first-order valence-electron chi connectivity index (χ1n) is 7.60. The minimum atomic E-state index is -3.58. The van der Waals surface area contributed by atoms with Gasteiger partial charge in [-0.15, -0.1) is 0 Å². The number of aromatic nitrogens is 1. The Morgan fingerprint density at radius 1 is 1.04 bits per heavy atom. The highest BCUT2D eigenvalue weighted by Crippen LogP contribution is 2.22. The van der Waals surface area contributed by atoms with Crippen LogP contribution < -0.4 is 14.5 Å². The largest absolute Gasteiger partial charge is 0.377 e. The van der Waals surface area contributed by atoms with Gasteiger partial charge in [-0.1, -0.05) is 6.07 Å². The van der Waals surface area contributed by atoms with E-state index in [1.807, 2.05) is 57.0 Å². The lowest BCUT2D eigenvalue weighted by Crippen LogP contribution is -2.24. The van der Waals surface area contributed by atoms with Crippen molar-refractivity contribution in [3.8, 4) is 0 Å². The molecule has 24 heavy (non-hydrogen) atoms. The first-order valence-corrected chi connectivity index (χ1v) is 9.09. The van der Waals surface area contributed by atoms with Crippen LogP contribution in [0.3, 0.4) is 0 Å². The highest BCUT2D eigenvalue weighted by atomic mass is 32.2. The van der Waals surface area contributed by atoms with Gasteiger partial charge < -0.3 is 9.80 Å². The zero-order valence-electron chi connectivity index (χ0n) is 14.7. The van der Waals surface area contributed by atoms with Gasteiger partial charge in [0.1, 0.15) is 5.82 Å². The Bertz CT molecular complexity index is 817. The van der Waals surface area contributed by atoms with Gasteiger partial charge in [-0.3, -0.25) is 0 Å². The summed E-state index contributed by atoms with van der Waals surface area (Å²) < 4.78 is 27.8. The zero-order chi connectivity index (χ0) is 17.9. The van der Waals surface area contributed by atoms with Crippen molar-refractivity contribution in [2.75, 3.05) is 38.0 Å². The molecule has 0 atom stereocenters. The number of hydrogen-bond donors (Lipinski definition) is 1. The van der Waals surface area contributed by atoms with Crippen molar-refractivity contribution in [2.45, 2.75) is 18.4 Å². The van der Waals surface area contributed by atoms with Crippen LogP contribution in [-0.4, -0.2) is 41.6 Å². The molecule has 1 heterocycles. The molecule has 0 spiro atoms. The van der Waals surface area contributed by atoms with Crippen LogP contribution in [-0.2, 0) is 16.6 Å². The Labute approximate surface area is 144 Å². The van der Waals surface area contributed by atoms with Crippen LogP contribution in [0.25, 0.3) is 0 Å². The second kappa shape index (κ2) is 7.19. The minimum Gasteiger partial charge on any atom is -0.377 e. The monoisotopic (exact) mass is 348 g/mol. The summed E-state index contributed by atoms with van der Waals surface area (Å²) in [6, 6.07) is 8.80. The Morgan fingerprint density at radius 2 is 1.75 bits per heavy atom. The highest BCUT2D eigenvalue weighted by Gasteiger charge is 2.16. The first kappa shape index (κ1) is 18.2. The molecule has 0 aliphatic heterocycles. The van der Waals surface area contributed by atoms with E-state index in [1.54, 1.807) is 24.4 Å². The van der Waals surface area contributed by atoms with E-state index in [1.165, 1.54) is 0 Å². The Balaban J connectivity index is 2.20. The smallest absolute Gasteiger partial charge is 0.240 e. The molecule has 1 aromatic carbocycles. The molecule has 7 heteroatoms. The standard InChI is InChI=1S/C17H24N4O2S/c1-13-6-7-15(11-16(13)20(2)3)24(22,23)19-12-14-8-9-18-17(10-14)21(4)5/h6-11,19H,12H2,1-5H3. The number of benzene rings is 1. The molecule has 2 rings (SSSR count). The molecule has 0 radical (unpaired) electrons. The van der Waals surface area contributed by atoms with Gasteiger partial charge in [-0.25, -0.2) is 18.1 Å². The maximum atomic E-state index is 12.6. The normalized spacial score (nSPS) is 11.4. The van der Waals surface area contributed by atoms with Gasteiger partial charge in [0.15, 0.2) is 0 Å². The average Bonchev–Trinajstić information content (AvgIpc) is 2.53. The van der Waals surface area contributed by atoms with Crippen LogP contribution in [0.4, 0.5) is 11.5 Å². The maximum absolute atomic E-state index is 12.6. The van der Waals surface area contributed by atoms with Gasteiger partial charge in [-0.05, 0) is 42.3 Å². The fourth-order valence-corrected chi connectivity index (χ4v) is 3.35. The molecular formula is C17H24N4O2S.